The lowest BCUT2D eigenvalue weighted by molar-refractivity contribution is 0.384. The number of ether oxygens (including phenoxy) is 2. The number of piperazine rings is 1. The topological polar surface area (TPSA) is 72.0 Å². The first-order valence-corrected chi connectivity index (χ1v) is 13.5. The van der Waals surface area contributed by atoms with Crippen molar-refractivity contribution in [3.63, 3.8) is 0 Å². The summed E-state index contributed by atoms with van der Waals surface area (Å²) in [5.41, 5.74) is 4.69. The fourth-order valence-electron chi connectivity index (χ4n) is 4.54. The van der Waals surface area contributed by atoms with Gasteiger partial charge in [0.25, 0.3) is 0 Å². The Morgan fingerprint density at radius 2 is 1.65 bits per heavy atom. The van der Waals surface area contributed by atoms with Crippen molar-refractivity contribution < 1.29 is 17.9 Å². The van der Waals surface area contributed by atoms with Gasteiger partial charge in [-0.2, -0.15) is 4.31 Å². The molecule has 34 heavy (non-hydrogen) atoms. The number of anilines is 1. The van der Waals surface area contributed by atoms with Gasteiger partial charge in [0.2, 0.25) is 10.0 Å². The van der Waals surface area contributed by atoms with E-state index in [0.29, 0.717) is 37.5 Å². The van der Waals surface area contributed by atoms with Crippen LogP contribution in [0.2, 0.25) is 0 Å². The number of benzene rings is 2. The zero-order valence-electron chi connectivity index (χ0n) is 20.3. The number of rotatable bonds is 7. The molecule has 182 valence electrons. The summed E-state index contributed by atoms with van der Waals surface area (Å²) in [6.07, 6.45) is 0.657. The van der Waals surface area contributed by atoms with Crippen LogP contribution in [-0.2, 0) is 16.4 Å². The lowest BCUT2D eigenvalue weighted by atomic mass is 10.1. The molecule has 1 aliphatic heterocycles. The van der Waals surface area contributed by atoms with E-state index in [1.807, 2.05) is 51.1 Å². The van der Waals surface area contributed by atoms with E-state index in [9.17, 15) is 8.42 Å². The van der Waals surface area contributed by atoms with E-state index in [-0.39, 0.29) is 0 Å². The van der Waals surface area contributed by atoms with Crippen LogP contribution in [-0.4, -0.2) is 58.1 Å². The molecule has 0 radical (unpaired) electrons. The van der Waals surface area contributed by atoms with Gasteiger partial charge < -0.3 is 14.4 Å². The van der Waals surface area contributed by atoms with Gasteiger partial charge in [-0.05, 0) is 38.0 Å². The highest BCUT2D eigenvalue weighted by Crippen LogP contribution is 2.30. The van der Waals surface area contributed by atoms with Crippen molar-refractivity contribution in [3.05, 3.63) is 63.7 Å². The van der Waals surface area contributed by atoms with Crippen molar-refractivity contribution in [1.82, 2.24) is 9.29 Å². The first-order valence-electron chi connectivity index (χ1n) is 11.2. The maximum absolute atomic E-state index is 13.4. The predicted molar refractivity (Wildman–Crippen MR) is 136 cm³/mol. The molecule has 0 aliphatic carbocycles. The number of sulfonamides is 1. The molecule has 1 aliphatic rings. The normalized spacial score (nSPS) is 14.9. The third kappa shape index (κ3) is 4.92. The van der Waals surface area contributed by atoms with Gasteiger partial charge in [0.15, 0.2) is 5.13 Å². The van der Waals surface area contributed by atoms with Crippen molar-refractivity contribution in [2.75, 3.05) is 45.3 Å². The summed E-state index contributed by atoms with van der Waals surface area (Å²) in [7, 11) is -0.244. The molecule has 4 rings (SSSR count). The van der Waals surface area contributed by atoms with Crippen LogP contribution in [0.3, 0.4) is 0 Å². The van der Waals surface area contributed by atoms with Gasteiger partial charge in [-0.25, -0.2) is 13.4 Å². The minimum Gasteiger partial charge on any atom is -0.497 e. The van der Waals surface area contributed by atoms with Crippen molar-refractivity contribution in [2.24, 2.45) is 0 Å². The van der Waals surface area contributed by atoms with Crippen LogP contribution in [0.15, 0.2) is 40.6 Å². The molecule has 0 bridgehead atoms. The van der Waals surface area contributed by atoms with Crippen molar-refractivity contribution in [3.8, 4) is 11.5 Å². The molecule has 1 aromatic heterocycles. The van der Waals surface area contributed by atoms with Crippen molar-refractivity contribution >= 4 is 26.5 Å². The van der Waals surface area contributed by atoms with Gasteiger partial charge in [0.1, 0.15) is 11.5 Å². The monoisotopic (exact) mass is 501 g/mol. The number of nitrogens with zero attached hydrogens (tertiary/aromatic N) is 3. The van der Waals surface area contributed by atoms with Crippen LogP contribution >= 0.6 is 11.3 Å². The molecule has 0 saturated carbocycles. The lowest BCUT2D eigenvalue weighted by Crippen LogP contribution is -2.48. The zero-order chi connectivity index (χ0) is 24.5. The Bertz CT molecular complexity index is 1260. The maximum atomic E-state index is 13.4. The summed E-state index contributed by atoms with van der Waals surface area (Å²) in [5.74, 6) is 1.53. The van der Waals surface area contributed by atoms with Crippen LogP contribution < -0.4 is 14.4 Å². The fourth-order valence-corrected chi connectivity index (χ4v) is 7.25. The molecular formula is C25H31N3O4S2. The third-order valence-electron chi connectivity index (χ3n) is 6.12. The molecule has 7 nitrogen and oxygen atoms in total. The first kappa shape index (κ1) is 24.5. The van der Waals surface area contributed by atoms with Crippen LogP contribution in [0.5, 0.6) is 11.5 Å². The summed E-state index contributed by atoms with van der Waals surface area (Å²) in [6.45, 7) is 7.84. The second-order valence-corrected chi connectivity index (χ2v) is 11.3. The maximum Gasteiger partial charge on any atom is 0.243 e. The van der Waals surface area contributed by atoms with Crippen LogP contribution in [0, 0.1) is 20.8 Å². The number of methoxy groups -OCH3 is 2. The highest BCUT2D eigenvalue weighted by atomic mass is 32.2. The Labute approximate surface area is 206 Å². The molecule has 0 amide bonds. The van der Waals surface area contributed by atoms with Crippen molar-refractivity contribution in [1.29, 1.82) is 0 Å². The Balaban J connectivity index is 1.44. The summed E-state index contributed by atoms with van der Waals surface area (Å²) in [6, 6.07) is 9.66. The van der Waals surface area contributed by atoms with E-state index in [1.54, 1.807) is 29.9 Å². The minimum atomic E-state index is -3.53. The lowest BCUT2D eigenvalue weighted by Gasteiger charge is -2.34. The molecule has 0 atom stereocenters. The second kappa shape index (κ2) is 9.93. The molecule has 2 heterocycles. The molecular weight excluding hydrogens is 470 g/mol. The Morgan fingerprint density at radius 1 is 0.971 bits per heavy atom. The number of aromatic nitrogens is 1. The summed E-state index contributed by atoms with van der Waals surface area (Å²) >= 11 is 1.59. The average Bonchev–Trinajstić information content (AvgIpc) is 3.27. The van der Waals surface area contributed by atoms with Crippen LogP contribution in [0.4, 0.5) is 5.13 Å². The quantitative estimate of drug-likeness (QED) is 0.484. The van der Waals surface area contributed by atoms with E-state index < -0.39 is 10.0 Å². The van der Waals surface area contributed by atoms with Crippen LogP contribution in [0.25, 0.3) is 0 Å². The summed E-state index contributed by atoms with van der Waals surface area (Å²) < 4.78 is 39.1. The van der Waals surface area contributed by atoms with E-state index >= 15 is 0 Å². The summed E-state index contributed by atoms with van der Waals surface area (Å²) in [5, 5.41) is 2.98. The van der Waals surface area contributed by atoms with Gasteiger partial charge in [0.05, 0.1) is 24.8 Å². The van der Waals surface area contributed by atoms with Gasteiger partial charge in [-0.15, -0.1) is 11.3 Å². The molecule has 1 fully saturated rings. The standard InChI is InChI=1S/C25H31N3O4S2/c1-17-12-18(2)24(19(3)13-17)34(29,30)28-10-8-27(9-11-28)25-26-21(16-33-25)14-20-6-7-22(31-4)15-23(20)32-5/h6-7,12-13,15-16H,8-11,14H2,1-5H3. The Morgan fingerprint density at radius 3 is 2.26 bits per heavy atom. The largest absolute Gasteiger partial charge is 0.497 e. The van der Waals surface area contributed by atoms with E-state index in [0.717, 1.165) is 44.6 Å². The molecule has 2 aromatic carbocycles. The molecule has 9 heteroatoms. The van der Waals surface area contributed by atoms with E-state index in [4.69, 9.17) is 14.5 Å². The van der Waals surface area contributed by atoms with Gasteiger partial charge in [-0.3, -0.25) is 0 Å². The Kier molecular flexibility index (Phi) is 7.16. The van der Waals surface area contributed by atoms with Gasteiger partial charge in [-0.1, -0.05) is 23.8 Å². The number of hydrogen-bond donors (Lipinski definition) is 0. The van der Waals surface area contributed by atoms with E-state index in [2.05, 4.69) is 10.3 Å². The second-order valence-electron chi connectivity index (χ2n) is 8.59. The minimum absolute atomic E-state index is 0.441. The first-order chi connectivity index (χ1) is 16.2. The highest BCUT2D eigenvalue weighted by Gasteiger charge is 2.31. The summed E-state index contributed by atoms with van der Waals surface area (Å²) in [4.78, 5) is 7.43. The molecule has 0 N–H and O–H groups in total. The number of thiazole rings is 1. The van der Waals surface area contributed by atoms with Crippen molar-refractivity contribution in [2.45, 2.75) is 32.1 Å². The zero-order valence-corrected chi connectivity index (χ0v) is 21.9. The molecule has 1 saturated heterocycles. The fraction of sp³-hybridized carbons (Fsp3) is 0.400. The highest BCUT2D eigenvalue weighted by molar-refractivity contribution is 7.89. The Hall–Kier alpha value is -2.62. The number of aryl methyl sites for hydroxylation is 3. The smallest absolute Gasteiger partial charge is 0.243 e. The van der Waals surface area contributed by atoms with Gasteiger partial charge in [0, 0.05) is 49.6 Å². The van der Waals surface area contributed by atoms with E-state index in [1.165, 1.54) is 0 Å². The molecule has 3 aromatic rings. The molecule has 0 unspecified atom stereocenters. The van der Waals surface area contributed by atoms with Crippen LogP contribution in [0.1, 0.15) is 27.9 Å². The van der Waals surface area contributed by atoms with Gasteiger partial charge >= 0.3 is 0 Å². The SMILES string of the molecule is COc1ccc(Cc2csc(N3CCN(S(=O)(=O)c4c(C)cc(C)cc4C)CC3)n2)c(OC)c1. The predicted octanol–water partition coefficient (Wildman–Crippen LogP) is 4.19. The number of hydrogen-bond acceptors (Lipinski definition) is 7. The average molecular weight is 502 g/mol. The molecule has 0 spiro atoms. The third-order valence-corrected chi connectivity index (χ3v) is 9.27.